The number of hydrogen-bond acceptors (Lipinski definition) is 15. The Morgan fingerprint density at radius 3 is 0.724 bits per heavy atom. The van der Waals surface area contributed by atoms with Crippen molar-refractivity contribution >= 4 is 39.5 Å². The Morgan fingerprint density at radius 1 is 0.286 bits per heavy atom. The fraction of sp³-hybridized carbons (Fsp3) is 0.949. The number of phosphoric acid groups is 2. The molecule has 0 radical (unpaired) electrons. The summed E-state index contributed by atoms with van der Waals surface area (Å²) < 4.78 is 68.6. The van der Waals surface area contributed by atoms with E-state index in [2.05, 4.69) is 55.4 Å². The molecule has 582 valence electrons. The van der Waals surface area contributed by atoms with Gasteiger partial charge in [0.2, 0.25) is 0 Å². The van der Waals surface area contributed by atoms with Crippen molar-refractivity contribution in [3.05, 3.63) is 0 Å². The number of carbonyl (C=O) groups excluding carboxylic acids is 4. The Kier molecular flexibility index (Phi) is 66.8. The van der Waals surface area contributed by atoms with Gasteiger partial charge in [0.15, 0.2) is 12.2 Å². The van der Waals surface area contributed by atoms with E-state index < -0.39 is 97.5 Å². The molecular formula is C79H154O17P2. The molecule has 0 amide bonds. The molecule has 0 aliphatic heterocycles. The molecule has 6 atom stereocenters. The van der Waals surface area contributed by atoms with Crippen molar-refractivity contribution in [1.29, 1.82) is 0 Å². The van der Waals surface area contributed by atoms with Gasteiger partial charge in [0.1, 0.15) is 19.3 Å². The second kappa shape index (κ2) is 68.2. The summed E-state index contributed by atoms with van der Waals surface area (Å²) in [4.78, 5) is 72.9. The van der Waals surface area contributed by atoms with E-state index in [9.17, 15) is 43.2 Å². The Bertz CT molecular complexity index is 1920. The van der Waals surface area contributed by atoms with Crippen molar-refractivity contribution in [1.82, 2.24) is 0 Å². The van der Waals surface area contributed by atoms with E-state index in [1.165, 1.54) is 205 Å². The lowest BCUT2D eigenvalue weighted by Gasteiger charge is -2.21. The predicted octanol–water partition coefficient (Wildman–Crippen LogP) is 23.2. The van der Waals surface area contributed by atoms with Crippen LogP contribution in [0.25, 0.3) is 0 Å². The molecule has 0 saturated heterocycles. The van der Waals surface area contributed by atoms with E-state index in [0.29, 0.717) is 25.7 Å². The fourth-order valence-electron chi connectivity index (χ4n) is 12.0. The van der Waals surface area contributed by atoms with Gasteiger partial charge in [-0.2, -0.15) is 0 Å². The van der Waals surface area contributed by atoms with Crippen LogP contribution in [0.1, 0.15) is 402 Å². The molecule has 0 aromatic carbocycles. The van der Waals surface area contributed by atoms with Gasteiger partial charge in [-0.25, -0.2) is 9.13 Å². The molecule has 0 fully saturated rings. The topological polar surface area (TPSA) is 237 Å². The molecule has 17 nitrogen and oxygen atoms in total. The molecular weight excluding hydrogens is 1280 g/mol. The Labute approximate surface area is 600 Å². The lowest BCUT2D eigenvalue weighted by atomic mass is 9.99. The molecule has 19 heteroatoms. The third-order valence-electron chi connectivity index (χ3n) is 18.7. The lowest BCUT2D eigenvalue weighted by Crippen LogP contribution is -2.30. The van der Waals surface area contributed by atoms with Crippen molar-refractivity contribution in [2.75, 3.05) is 39.6 Å². The van der Waals surface area contributed by atoms with Gasteiger partial charge in [0, 0.05) is 25.7 Å². The second-order valence-corrected chi connectivity index (χ2v) is 33.0. The van der Waals surface area contributed by atoms with Gasteiger partial charge in [-0.1, -0.05) is 351 Å². The first-order chi connectivity index (χ1) is 47.1. The summed E-state index contributed by atoms with van der Waals surface area (Å²) in [6.07, 6.45) is 54.1. The van der Waals surface area contributed by atoms with E-state index in [1.54, 1.807) is 0 Å². The van der Waals surface area contributed by atoms with Crippen LogP contribution in [0.3, 0.4) is 0 Å². The molecule has 3 N–H and O–H groups in total. The van der Waals surface area contributed by atoms with Crippen LogP contribution in [0, 0.1) is 23.7 Å². The van der Waals surface area contributed by atoms with Crippen molar-refractivity contribution in [2.45, 2.75) is 420 Å². The summed E-state index contributed by atoms with van der Waals surface area (Å²) in [6.45, 7) is 14.2. The number of unbranched alkanes of at least 4 members (excludes halogenated alkanes) is 41. The summed E-state index contributed by atoms with van der Waals surface area (Å²) in [6, 6.07) is 0. The maximum atomic E-state index is 13.1. The Morgan fingerprint density at radius 2 is 0.490 bits per heavy atom. The number of aliphatic hydroxyl groups is 1. The number of phosphoric ester groups is 2. The van der Waals surface area contributed by atoms with E-state index in [-0.39, 0.29) is 25.7 Å². The van der Waals surface area contributed by atoms with Gasteiger partial charge >= 0.3 is 39.5 Å². The zero-order valence-corrected chi connectivity index (χ0v) is 66.2. The number of hydrogen-bond donors (Lipinski definition) is 3. The highest BCUT2D eigenvalue weighted by Crippen LogP contribution is 2.45. The molecule has 0 bridgehead atoms. The number of esters is 4. The van der Waals surface area contributed by atoms with Crippen LogP contribution < -0.4 is 0 Å². The van der Waals surface area contributed by atoms with Gasteiger partial charge in [0.05, 0.1) is 26.4 Å². The molecule has 0 aliphatic carbocycles. The Hall–Kier alpha value is -1.94. The summed E-state index contributed by atoms with van der Waals surface area (Å²) in [5.41, 5.74) is 0. The minimum absolute atomic E-state index is 0.104. The van der Waals surface area contributed by atoms with Gasteiger partial charge < -0.3 is 33.8 Å². The summed E-state index contributed by atoms with van der Waals surface area (Å²) in [5.74, 6) is 0.991. The molecule has 98 heavy (non-hydrogen) atoms. The molecule has 0 aromatic heterocycles. The standard InChI is InChI=1S/C79H154O17P2/c1-9-72(8)58-50-42-34-25-19-15-11-13-16-20-26-35-43-51-59-76(81)89-65-74(95-78(83)61-53-45-37-27-21-17-12-10-14-18-23-31-39-47-55-69(2)3)67-93-97(85,86)91-63-73(80)64-92-98(87,88)94-68-75(66-90-77(82)60-52-44-36-30-29-33-41-49-57-71(6)7)96-79(84)62-54-46-38-28-22-24-32-40-48-56-70(4)5/h69-75,80H,9-68H2,1-8H3,(H,85,86)(H,87,88)/t72?,73?,74-,75-/m1/s1. The van der Waals surface area contributed by atoms with E-state index in [4.69, 9.17) is 37.0 Å². The van der Waals surface area contributed by atoms with Gasteiger partial charge in [0.25, 0.3) is 0 Å². The number of aliphatic hydroxyl groups excluding tert-OH is 1. The third kappa shape index (κ3) is 71.1. The molecule has 0 spiro atoms. The minimum atomic E-state index is -4.96. The number of carbonyl (C=O) groups is 4. The average Bonchev–Trinajstić information content (AvgIpc) is 1.31. The van der Waals surface area contributed by atoms with Crippen LogP contribution >= 0.6 is 15.6 Å². The van der Waals surface area contributed by atoms with Crippen molar-refractivity contribution in [3.63, 3.8) is 0 Å². The molecule has 0 saturated carbocycles. The zero-order chi connectivity index (χ0) is 72.4. The van der Waals surface area contributed by atoms with Crippen LogP contribution in [-0.2, 0) is 65.4 Å². The van der Waals surface area contributed by atoms with E-state index in [0.717, 1.165) is 114 Å². The van der Waals surface area contributed by atoms with Gasteiger partial charge in [-0.15, -0.1) is 0 Å². The summed E-state index contributed by atoms with van der Waals surface area (Å²) in [7, 11) is -9.92. The van der Waals surface area contributed by atoms with Crippen molar-refractivity contribution in [2.24, 2.45) is 23.7 Å². The second-order valence-electron chi connectivity index (χ2n) is 30.1. The minimum Gasteiger partial charge on any atom is -0.462 e. The highest BCUT2D eigenvalue weighted by atomic mass is 31.2. The van der Waals surface area contributed by atoms with Crippen molar-refractivity contribution in [3.8, 4) is 0 Å². The molecule has 0 rings (SSSR count). The Balaban J connectivity index is 5.25. The highest BCUT2D eigenvalue weighted by Gasteiger charge is 2.30. The lowest BCUT2D eigenvalue weighted by molar-refractivity contribution is -0.161. The molecule has 0 aliphatic rings. The van der Waals surface area contributed by atoms with Crippen LogP contribution in [-0.4, -0.2) is 96.7 Å². The third-order valence-corrected chi connectivity index (χ3v) is 20.6. The first-order valence-corrected chi connectivity index (χ1v) is 43.7. The highest BCUT2D eigenvalue weighted by molar-refractivity contribution is 7.47. The molecule has 0 aromatic rings. The van der Waals surface area contributed by atoms with Gasteiger partial charge in [-0.3, -0.25) is 37.3 Å². The normalized spacial score (nSPS) is 14.3. The quantitative estimate of drug-likeness (QED) is 0.0222. The molecule has 4 unspecified atom stereocenters. The number of ether oxygens (including phenoxy) is 4. The maximum absolute atomic E-state index is 13.1. The smallest absolute Gasteiger partial charge is 0.462 e. The van der Waals surface area contributed by atoms with E-state index in [1.807, 2.05) is 0 Å². The maximum Gasteiger partial charge on any atom is 0.472 e. The van der Waals surface area contributed by atoms with Crippen LogP contribution in [0.5, 0.6) is 0 Å². The van der Waals surface area contributed by atoms with E-state index >= 15 is 0 Å². The zero-order valence-electron chi connectivity index (χ0n) is 64.4. The predicted molar refractivity (Wildman–Crippen MR) is 400 cm³/mol. The fourth-order valence-corrected chi connectivity index (χ4v) is 13.6. The van der Waals surface area contributed by atoms with Crippen LogP contribution in [0.2, 0.25) is 0 Å². The monoisotopic (exact) mass is 1440 g/mol. The first-order valence-electron chi connectivity index (χ1n) is 40.7. The largest absolute Gasteiger partial charge is 0.472 e. The number of rotatable bonds is 76. The average molecular weight is 1440 g/mol. The first kappa shape index (κ1) is 96.1. The van der Waals surface area contributed by atoms with Crippen molar-refractivity contribution < 1.29 is 80.2 Å². The SMILES string of the molecule is CCC(C)CCCCCCCCCCCCCCCCC(=O)OC[C@H](COP(=O)(O)OCC(O)COP(=O)(O)OC[C@@H](COC(=O)CCCCCCCCCCC(C)C)OC(=O)CCCCCCCCCCCC(C)C)OC(=O)CCCCCCCCCCCCCCCCC(C)C. The summed E-state index contributed by atoms with van der Waals surface area (Å²) >= 11 is 0. The van der Waals surface area contributed by atoms with Gasteiger partial charge in [-0.05, 0) is 49.4 Å². The summed E-state index contributed by atoms with van der Waals surface area (Å²) in [5, 5.41) is 10.6. The molecule has 0 heterocycles. The van der Waals surface area contributed by atoms with Crippen LogP contribution in [0.15, 0.2) is 0 Å². The van der Waals surface area contributed by atoms with Crippen LogP contribution in [0.4, 0.5) is 0 Å².